The highest BCUT2D eigenvalue weighted by atomic mass is 127. The van der Waals surface area contributed by atoms with Crippen molar-refractivity contribution in [2.24, 2.45) is 0 Å². The van der Waals surface area contributed by atoms with Gasteiger partial charge in [0.15, 0.2) is 23.0 Å². The molecular weight excluding hydrogens is 469 g/mol. The van der Waals surface area contributed by atoms with Crippen LogP contribution in [0.5, 0.6) is 23.0 Å². The van der Waals surface area contributed by atoms with E-state index < -0.39 is 0 Å². The predicted octanol–water partition coefficient (Wildman–Crippen LogP) is 0.783. The number of hydrogen-bond donors (Lipinski definition) is 1. The van der Waals surface area contributed by atoms with Crippen LogP contribution in [0.3, 0.4) is 0 Å². The van der Waals surface area contributed by atoms with Gasteiger partial charge in [0, 0.05) is 17.9 Å². The number of ether oxygens (including phenoxy) is 3. The zero-order chi connectivity index (χ0) is 19.3. The lowest BCUT2D eigenvalue weighted by molar-refractivity contribution is -0.957. The second-order valence-electron chi connectivity index (χ2n) is 7.94. The third kappa shape index (κ3) is 3.01. The van der Waals surface area contributed by atoms with E-state index in [0.29, 0.717) is 11.7 Å². The lowest BCUT2D eigenvalue weighted by Crippen LogP contribution is -3.00. The zero-order valence-electron chi connectivity index (χ0n) is 17.1. The standard InChI is InChI=1S/C22H27NO4.HI/c1-13-15-6-7-19(25-3)22(27-5)17(15)12-23(2)9-8-14-10-20(26-4)18(24)11-16(14)21(13)23;/h6-7,10-11,13,21H,8-9,12H2,1-5H3;1H/t13-,21+,23?;/m0./s1. The van der Waals surface area contributed by atoms with Crippen molar-refractivity contribution in [3.05, 3.63) is 46.5 Å². The van der Waals surface area contributed by atoms with Crippen molar-refractivity contribution in [1.29, 1.82) is 0 Å². The Kier molecular flexibility index (Phi) is 5.74. The predicted molar refractivity (Wildman–Crippen MR) is 104 cm³/mol. The van der Waals surface area contributed by atoms with Gasteiger partial charge in [-0.3, -0.25) is 0 Å². The summed E-state index contributed by atoms with van der Waals surface area (Å²) in [6.07, 6.45) is 0.966. The van der Waals surface area contributed by atoms with Crippen LogP contribution in [0.2, 0.25) is 0 Å². The second kappa shape index (κ2) is 7.63. The van der Waals surface area contributed by atoms with E-state index in [4.69, 9.17) is 14.2 Å². The van der Waals surface area contributed by atoms with Crippen molar-refractivity contribution in [1.82, 2.24) is 0 Å². The molecule has 5 nitrogen and oxygen atoms in total. The summed E-state index contributed by atoms with van der Waals surface area (Å²) in [5, 5.41) is 10.4. The highest BCUT2D eigenvalue weighted by Crippen LogP contribution is 2.53. The van der Waals surface area contributed by atoms with Gasteiger partial charge in [0.05, 0.1) is 40.5 Å². The molecule has 0 fully saturated rings. The normalized spacial score (nSPS) is 24.9. The molecule has 28 heavy (non-hydrogen) atoms. The summed E-state index contributed by atoms with van der Waals surface area (Å²) in [5.74, 6) is 2.71. The minimum atomic E-state index is 0. The topological polar surface area (TPSA) is 47.9 Å². The number of rotatable bonds is 3. The van der Waals surface area contributed by atoms with Gasteiger partial charge < -0.3 is 47.8 Å². The third-order valence-corrected chi connectivity index (χ3v) is 6.49. The molecule has 2 aliphatic heterocycles. The van der Waals surface area contributed by atoms with E-state index in [1.54, 1.807) is 21.3 Å². The summed E-state index contributed by atoms with van der Waals surface area (Å²) in [6.45, 7) is 4.20. The Morgan fingerprint density at radius 3 is 2.36 bits per heavy atom. The number of methoxy groups -OCH3 is 3. The number of halogens is 1. The van der Waals surface area contributed by atoms with Crippen LogP contribution in [0.25, 0.3) is 0 Å². The van der Waals surface area contributed by atoms with E-state index in [9.17, 15) is 5.11 Å². The molecular formula is C22H28INO4. The van der Waals surface area contributed by atoms with E-state index in [1.807, 2.05) is 18.2 Å². The summed E-state index contributed by atoms with van der Waals surface area (Å²) >= 11 is 0. The molecule has 0 amide bonds. The highest BCUT2D eigenvalue weighted by Gasteiger charge is 2.48. The highest BCUT2D eigenvalue weighted by molar-refractivity contribution is 5.54. The van der Waals surface area contributed by atoms with E-state index in [0.717, 1.165) is 35.5 Å². The Bertz CT molecular complexity index is 901. The first-order chi connectivity index (χ1) is 12.9. The molecule has 0 aromatic heterocycles. The fourth-order valence-electron chi connectivity index (χ4n) is 5.25. The van der Waals surface area contributed by atoms with E-state index in [2.05, 4.69) is 20.0 Å². The summed E-state index contributed by atoms with van der Waals surface area (Å²) in [5.41, 5.74) is 5.05. The molecule has 0 saturated heterocycles. The molecule has 4 rings (SSSR count). The van der Waals surface area contributed by atoms with Gasteiger partial charge in [0.1, 0.15) is 12.6 Å². The van der Waals surface area contributed by atoms with Gasteiger partial charge in [0.25, 0.3) is 0 Å². The van der Waals surface area contributed by atoms with E-state index in [1.165, 1.54) is 22.3 Å². The number of likely N-dealkylation sites (N-methyl/N-ethyl adjacent to an activating group) is 1. The lowest BCUT2D eigenvalue weighted by atomic mass is 9.75. The molecule has 0 spiro atoms. The molecule has 3 atom stereocenters. The van der Waals surface area contributed by atoms with Crippen molar-refractivity contribution >= 4 is 0 Å². The first-order valence-corrected chi connectivity index (χ1v) is 9.41. The number of quaternary nitrogens is 1. The maximum absolute atomic E-state index is 10.4. The number of phenols is 1. The SMILES string of the molecule is COc1cc2c(cc1O)[C@H]1[C@@H](C)c3ccc(OC)c(OC)c3C[N+]1(C)CC2.[I-]. The molecule has 0 radical (unpaired) electrons. The molecule has 0 saturated carbocycles. The van der Waals surface area contributed by atoms with Gasteiger partial charge in [-0.2, -0.15) is 0 Å². The Morgan fingerprint density at radius 1 is 1.00 bits per heavy atom. The Balaban J connectivity index is 0.00000225. The Labute approximate surface area is 183 Å². The first kappa shape index (κ1) is 21.0. The number of hydrogen-bond acceptors (Lipinski definition) is 4. The van der Waals surface area contributed by atoms with Crippen LogP contribution in [0, 0.1) is 0 Å². The van der Waals surface area contributed by atoms with Crippen LogP contribution in [0.4, 0.5) is 0 Å². The maximum atomic E-state index is 10.4. The molecule has 6 heteroatoms. The summed E-state index contributed by atoms with van der Waals surface area (Å²) in [7, 11) is 7.31. The maximum Gasteiger partial charge on any atom is 0.169 e. The van der Waals surface area contributed by atoms with Gasteiger partial charge in [-0.25, -0.2) is 0 Å². The quantitative estimate of drug-likeness (QED) is 0.504. The molecule has 152 valence electrons. The van der Waals surface area contributed by atoms with Crippen LogP contribution < -0.4 is 38.2 Å². The molecule has 1 unspecified atom stereocenters. The Morgan fingerprint density at radius 2 is 1.71 bits per heavy atom. The monoisotopic (exact) mass is 497 g/mol. The molecule has 2 heterocycles. The molecule has 2 aliphatic rings. The number of benzene rings is 2. The molecule has 2 aromatic rings. The van der Waals surface area contributed by atoms with Gasteiger partial charge in [0.2, 0.25) is 0 Å². The molecule has 1 N–H and O–H groups in total. The average molecular weight is 497 g/mol. The van der Waals surface area contributed by atoms with Crippen LogP contribution in [0.1, 0.15) is 41.1 Å². The Hall–Kier alpha value is -1.67. The molecule has 2 aromatic carbocycles. The van der Waals surface area contributed by atoms with Gasteiger partial charge >= 0.3 is 0 Å². The van der Waals surface area contributed by atoms with Gasteiger partial charge in [-0.15, -0.1) is 0 Å². The van der Waals surface area contributed by atoms with Crippen LogP contribution >= 0.6 is 0 Å². The largest absolute Gasteiger partial charge is 1.00 e. The van der Waals surface area contributed by atoms with Gasteiger partial charge in [-0.05, 0) is 29.3 Å². The van der Waals surface area contributed by atoms with Crippen molar-refractivity contribution < 1.29 is 47.8 Å². The number of aromatic hydroxyl groups is 1. The third-order valence-electron chi connectivity index (χ3n) is 6.49. The lowest BCUT2D eigenvalue weighted by Gasteiger charge is -2.51. The van der Waals surface area contributed by atoms with E-state index >= 15 is 0 Å². The summed E-state index contributed by atoms with van der Waals surface area (Å²) < 4.78 is 17.5. The minimum Gasteiger partial charge on any atom is -1.00 e. The zero-order valence-corrected chi connectivity index (χ0v) is 19.2. The number of phenolic OH excluding ortho intramolecular Hbond substituents is 1. The van der Waals surface area contributed by atoms with Crippen LogP contribution in [-0.4, -0.2) is 44.5 Å². The molecule has 0 bridgehead atoms. The fraction of sp³-hybridized carbons (Fsp3) is 0.455. The minimum absolute atomic E-state index is 0. The van der Waals surface area contributed by atoms with Gasteiger partial charge in [-0.1, -0.05) is 13.0 Å². The smallest absolute Gasteiger partial charge is 0.169 e. The average Bonchev–Trinajstić information content (AvgIpc) is 2.66. The second-order valence-corrected chi connectivity index (χ2v) is 7.94. The van der Waals surface area contributed by atoms with E-state index in [-0.39, 0.29) is 35.8 Å². The van der Waals surface area contributed by atoms with Crippen molar-refractivity contribution in [2.45, 2.75) is 31.8 Å². The number of nitrogens with zero attached hydrogens (tertiary/aromatic N) is 1. The summed E-state index contributed by atoms with van der Waals surface area (Å²) in [6, 6.07) is 8.37. The number of fused-ring (bicyclic) bond motifs is 4. The van der Waals surface area contributed by atoms with Crippen molar-refractivity contribution in [3.63, 3.8) is 0 Å². The fourth-order valence-corrected chi connectivity index (χ4v) is 5.25. The van der Waals surface area contributed by atoms with Crippen LogP contribution in [0.15, 0.2) is 24.3 Å². The van der Waals surface area contributed by atoms with Crippen LogP contribution in [-0.2, 0) is 13.0 Å². The van der Waals surface area contributed by atoms with Crippen molar-refractivity contribution in [3.8, 4) is 23.0 Å². The summed E-state index contributed by atoms with van der Waals surface area (Å²) in [4.78, 5) is 0. The van der Waals surface area contributed by atoms with Crippen molar-refractivity contribution in [2.75, 3.05) is 34.9 Å². The first-order valence-electron chi connectivity index (χ1n) is 9.41. The molecule has 0 aliphatic carbocycles.